The Bertz CT molecular complexity index is 421. The monoisotopic (exact) mass is 254 g/mol. The van der Waals surface area contributed by atoms with Crippen LogP contribution in [0.5, 0.6) is 0 Å². The first-order valence-corrected chi connectivity index (χ1v) is 5.87. The Morgan fingerprint density at radius 1 is 1.44 bits per heavy atom. The Balaban J connectivity index is 1.83. The van der Waals surface area contributed by atoms with Crippen molar-refractivity contribution < 1.29 is 23.8 Å². The second kappa shape index (κ2) is 5.93. The molecule has 1 N–H and O–H groups in total. The van der Waals surface area contributed by atoms with Crippen LogP contribution in [0.2, 0.25) is 0 Å². The summed E-state index contributed by atoms with van der Waals surface area (Å²) in [7, 11) is 0. The first kappa shape index (κ1) is 13.0. The van der Waals surface area contributed by atoms with Crippen molar-refractivity contribution in [1.82, 2.24) is 0 Å². The number of carbonyl (C=O) groups is 1. The number of hydrogen-bond donors (Lipinski definition) is 1. The van der Waals surface area contributed by atoms with E-state index in [1.165, 1.54) is 6.07 Å². The standard InChI is InChI=1S/C13H15FO4/c14-11-4-2-1-3-9(11)7-13-17-8-10(18-13)5-6-12(15)16/h1-4,10,13H,5-8H2,(H,15,16). The molecule has 0 bridgehead atoms. The smallest absolute Gasteiger partial charge is 0.303 e. The number of halogens is 1. The number of benzene rings is 1. The highest BCUT2D eigenvalue weighted by atomic mass is 19.1. The largest absolute Gasteiger partial charge is 0.481 e. The van der Waals surface area contributed by atoms with Gasteiger partial charge in [-0.05, 0) is 18.1 Å². The Labute approximate surface area is 104 Å². The predicted octanol–water partition coefficient (Wildman–Crippen LogP) is 1.97. The van der Waals surface area contributed by atoms with E-state index in [9.17, 15) is 9.18 Å². The van der Waals surface area contributed by atoms with Crippen molar-refractivity contribution in [2.75, 3.05) is 6.61 Å². The molecule has 0 radical (unpaired) electrons. The van der Waals surface area contributed by atoms with Crippen LogP contribution in [0.4, 0.5) is 4.39 Å². The molecular weight excluding hydrogens is 239 g/mol. The van der Waals surface area contributed by atoms with Gasteiger partial charge >= 0.3 is 5.97 Å². The fourth-order valence-corrected chi connectivity index (χ4v) is 1.89. The van der Waals surface area contributed by atoms with Gasteiger partial charge in [-0.3, -0.25) is 4.79 Å². The maximum atomic E-state index is 13.4. The van der Waals surface area contributed by atoms with Crippen LogP contribution in [0, 0.1) is 5.82 Å². The van der Waals surface area contributed by atoms with Gasteiger partial charge < -0.3 is 14.6 Å². The van der Waals surface area contributed by atoms with Crippen LogP contribution in [-0.4, -0.2) is 30.1 Å². The first-order chi connectivity index (χ1) is 8.65. The van der Waals surface area contributed by atoms with Gasteiger partial charge in [0.1, 0.15) is 5.82 Å². The van der Waals surface area contributed by atoms with Crippen molar-refractivity contribution in [3.63, 3.8) is 0 Å². The van der Waals surface area contributed by atoms with Crippen molar-refractivity contribution in [2.45, 2.75) is 31.7 Å². The summed E-state index contributed by atoms with van der Waals surface area (Å²) >= 11 is 0. The molecule has 2 atom stereocenters. The highest BCUT2D eigenvalue weighted by molar-refractivity contribution is 5.66. The molecule has 2 unspecified atom stereocenters. The normalized spacial score (nSPS) is 23.2. The first-order valence-electron chi connectivity index (χ1n) is 5.87. The molecule has 0 saturated carbocycles. The lowest BCUT2D eigenvalue weighted by molar-refractivity contribution is -0.137. The van der Waals surface area contributed by atoms with E-state index in [1.54, 1.807) is 18.2 Å². The lowest BCUT2D eigenvalue weighted by Crippen LogP contribution is -2.16. The SMILES string of the molecule is O=C(O)CCC1COC(Cc2ccccc2F)O1. The molecule has 5 heteroatoms. The van der Waals surface area contributed by atoms with Crippen molar-refractivity contribution in [1.29, 1.82) is 0 Å². The van der Waals surface area contributed by atoms with Crippen LogP contribution in [0.1, 0.15) is 18.4 Å². The minimum Gasteiger partial charge on any atom is -0.481 e. The van der Waals surface area contributed by atoms with Crippen LogP contribution in [-0.2, 0) is 20.7 Å². The molecular formula is C13H15FO4. The second-order valence-electron chi connectivity index (χ2n) is 4.25. The van der Waals surface area contributed by atoms with E-state index in [-0.39, 0.29) is 18.3 Å². The van der Waals surface area contributed by atoms with E-state index in [0.29, 0.717) is 25.0 Å². The summed E-state index contributed by atoms with van der Waals surface area (Å²) in [5.74, 6) is -1.13. The maximum absolute atomic E-state index is 13.4. The molecule has 1 saturated heterocycles. The Morgan fingerprint density at radius 2 is 2.22 bits per heavy atom. The predicted molar refractivity (Wildman–Crippen MR) is 61.6 cm³/mol. The van der Waals surface area contributed by atoms with Gasteiger partial charge in [-0.25, -0.2) is 4.39 Å². The molecule has 1 aromatic rings. The molecule has 4 nitrogen and oxygen atoms in total. The van der Waals surface area contributed by atoms with Crippen molar-refractivity contribution >= 4 is 5.97 Å². The molecule has 1 aliphatic heterocycles. The maximum Gasteiger partial charge on any atom is 0.303 e. The number of aliphatic carboxylic acids is 1. The molecule has 0 spiro atoms. The summed E-state index contributed by atoms with van der Waals surface area (Å²) in [5, 5.41) is 8.57. The highest BCUT2D eigenvalue weighted by Gasteiger charge is 2.27. The van der Waals surface area contributed by atoms with Gasteiger partial charge in [0.15, 0.2) is 6.29 Å². The zero-order valence-corrected chi connectivity index (χ0v) is 9.84. The average molecular weight is 254 g/mol. The van der Waals surface area contributed by atoms with Gasteiger partial charge in [0.05, 0.1) is 12.7 Å². The van der Waals surface area contributed by atoms with Gasteiger partial charge in [0.25, 0.3) is 0 Å². The number of carboxylic acid groups (broad SMARTS) is 1. The zero-order valence-electron chi connectivity index (χ0n) is 9.84. The topological polar surface area (TPSA) is 55.8 Å². The molecule has 1 aliphatic rings. The molecule has 0 amide bonds. The van der Waals surface area contributed by atoms with Crippen LogP contribution < -0.4 is 0 Å². The lowest BCUT2D eigenvalue weighted by atomic mass is 10.1. The molecule has 2 rings (SSSR count). The molecule has 0 aromatic heterocycles. The van der Waals surface area contributed by atoms with E-state index >= 15 is 0 Å². The molecule has 1 heterocycles. The number of carboxylic acids is 1. The fraction of sp³-hybridized carbons (Fsp3) is 0.462. The summed E-state index contributed by atoms with van der Waals surface area (Å²) in [6.45, 7) is 0.367. The van der Waals surface area contributed by atoms with Crippen molar-refractivity contribution in [3.8, 4) is 0 Å². The zero-order chi connectivity index (χ0) is 13.0. The van der Waals surface area contributed by atoms with Crippen LogP contribution in [0.25, 0.3) is 0 Å². The van der Waals surface area contributed by atoms with Crippen LogP contribution >= 0.6 is 0 Å². The summed E-state index contributed by atoms with van der Waals surface area (Å²) < 4.78 is 24.3. The second-order valence-corrected chi connectivity index (χ2v) is 4.25. The van der Waals surface area contributed by atoms with Crippen molar-refractivity contribution in [2.24, 2.45) is 0 Å². The summed E-state index contributed by atoms with van der Waals surface area (Å²) in [5.41, 5.74) is 0.543. The van der Waals surface area contributed by atoms with Crippen LogP contribution in [0.3, 0.4) is 0 Å². The van der Waals surface area contributed by atoms with Gasteiger partial charge in [-0.2, -0.15) is 0 Å². The Morgan fingerprint density at radius 3 is 2.94 bits per heavy atom. The third-order valence-corrected chi connectivity index (χ3v) is 2.84. The number of ether oxygens (including phenoxy) is 2. The van der Waals surface area contributed by atoms with E-state index in [2.05, 4.69) is 0 Å². The quantitative estimate of drug-likeness (QED) is 0.872. The summed E-state index contributed by atoms with van der Waals surface area (Å²) in [6.07, 6.45) is 0.123. The third kappa shape index (κ3) is 3.51. The molecule has 0 aliphatic carbocycles. The number of hydrogen-bond acceptors (Lipinski definition) is 3. The minimum absolute atomic E-state index is 0.0560. The summed E-state index contributed by atoms with van der Waals surface area (Å²) in [6, 6.07) is 6.47. The Hall–Kier alpha value is -1.46. The average Bonchev–Trinajstić information content (AvgIpc) is 2.77. The van der Waals surface area contributed by atoms with E-state index in [4.69, 9.17) is 14.6 Å². The van der Waals surface area contributed by atoms with Gasteiger partial charge in [-0.1, -0.05) is 18.2 Å². The van der Waals surface area contributed by atoms with Crippen molar-refractivity contribution in [3.05, 3.63) is 35.6 Å². The molecule has 1 fully saturated rings. The Kier molecular flexibility index (Phi) is 4.28. The highest BCUT2D eigenvalue weighted by Crippen LogP contribution is 2.20. The summed E-state index contributed by atoms with van der Waals surface area (Å²) in [4.78, 5) is 10.4. The molecule has 98 valence electrons. The minimum atomic E-state index is -0.851. The van der Waals surface area contributed by atoms with E-state index < -0.39 is 12.3 Å². The van der Waals surface area contributed by atoms with Gasteiger partial charge in [0.2, 0.25) is 0 Å². The third-order valence-electron chi connectivity index (χ3n) is 2.84. The van der Waals surface area contributed by atoms with Crippen LogP contribution in [0.15, 0.2) is 24.3 Å². The van der Waals surface area contributed by atoms with E-state index in [0.717, 1.165) is 0 Å². The number of rotatable bonds is 5. The lowest BCUT2D eigenvalue weighted by Gasteiger charge is -2.11. The van der Waals surface area contributed by atoms with Gasteiger partial charge in [-0.15, -0.1) is 0 Å². The fourth-order valence-electron chi connectivity index (χ4n) is 1.89. The molecule has 18 heavy (non-hydrogen) atoms. The van der Waals surface area contributed by atoms with Gasteiger partial charge in [0, 0.05) is 12.8 Å². The van der Waals surface area contributed by atoms with E-state index in [1.807, 2.05) is 0 Å². The molecule has 1 aromatic carbocycles.